The molecule has 0 bridgehead atoms. The van der Waals surface area contributed by atoms with Crippen LogP contribution < -0.4 is 5.32 Å². The lowest BCUT2D eigenvalue weighted by molar-refractivity contribution is -0.126. The van der Waals surface area contributed by atoms with Crippen LogP contribution in [0.3, 0.4) is 0 Å². The van der Waals surface area contributed by atoms with E-state index in [1.54, 1.807) is 12.4 Å². The van der Waals surface area contributed by atoms with E-state index in [1.165, 1.54) is 12.8 Å². The number of nitrogens with one attached hydrogen (secondary N) is 1. The molecule has 0 spiro atoms. The number of carbonyl (C=O) groups excluding carboxylic acids is 1. The van der Waals surface area contributed by atoms with Gasteiger partial charge in [0.1, 0.15) is 6.61 Å². The minimum absolute atomic E-state index is 0.0738. The molecule has 1 heterocycles. The summed E-state index contributed by atoms with van der Waals surface area (Å²) in [5.41, 5.74) is 1.01. The average molecular weight is 278 g/mol. The molecule has 1 fully saturated rings. The van der Waals surface area contributed by atoms with Gasteiger partial charge >= 0.3 is 0 Å². The molecule has 5 nitrogen and oxygen atoms in total. The largest absolute Gasteiger partial charge is 0.380 e. The van der Waals surface area contributed by atoms with Crippen molar-refractivity contribution < 1.29 is 14.3 Å². The maximum absolute atomic E-state index is 11.5. The van der Waals surface area contributed by atoms with Crippen molar-refractivity contribution in [2.45, 2.75) is 25.9 Å². The lowest BCUT2D eigenvalue weighted by atomic mass is 10.3. The molecular formula is C15H22N2O3. The van der Waals surface area contributed by atoms with Crippen molar-refractivity contribution in [3.05, 3.63) is 30.1 Å². The van der Waals surface area contributed by atoms with Gasteiger partial charge in [-0.25, -0.2) is 0 Å². The van der Waals surface area contributed by atoms with Crippen molar-refractivity contribution in [1.82, 2.24) is 10.3 Å². The normalized spacial score (nSPS) is 14.2. The number of hydrogen-bond acceptors (Lipinski definition) is 4. The van der Waals surface area contributed by atoms with Crippen molar-refractivity contribution in [3.63, 3.8) is 0 Å². The van der Waals surface area contributed by atoms with E-state index >= 15 is 0 Å². The van der Waals surface area contributed by atoms with Gasteiger partial charge in [0.2, 0.25) is 5.91 Å². The molecule has 0 atom stereocenters. The van der Waals surface area contributed by atoms with Gasteiger partial charge in [-0.1, -0.05) is 12.8 Å². The van der Waals surface area contributed by atoms with Crippen LogP contribution >= 0.6 is 0 Å². The smallest absolute Gasteiger partial charge is 0.246 e. The van der Waals surface area contributed by atoms with Crippen LogP contribution in [0.2, 0.25) is 0 Å². The van der Waals surface area contributed by atoms with Crippen LogP contribution in [0.15, 0.2) is 24.5 Å². The first-order valence-corrected chi connectivity index (χ1v) is 7.15. The van der Waals surface area contributed by atoms with Crippen molar-refractivity contribution in [3.8, 4) is 0 Å². The molecule has 1 aromatic rings. The van der Waals surface area contributed by atoms with Gasteiger partial charge in [-0.05, 0) is 30.0 Å². The minimum atomic E-state index is -0.107. The second-order valence-electron chi connectivity index (χ2n) is 5.04. The third kappa shape index (κ3) is 6.63. The summed E-state index contributed by atoms with van der Waals surface area (Å²) in [7, 11) is 0. The third-order valence-corrected chi connectivity index (χ3v) is 3.19. The van der Waals surface area contributed by atoms with Gasteiger partial charge in [0.05, 0.1) is 13.2 Å². The van der Waals surface area contributed by atoms with Crippen molar-refractivity contribution >= 4 is 5.91 Å². The Morgan fingerprint density at radius 2 is 2.05 bits per heavy atom. The first-order chi connectivity index (χ1) is 9.84. The SMILES string of the molecule is O=C(COCc1ccncc1)NCCOCCC1CC1. The van der Waals surface area contributed by atoms with Crippen LogP contribution in [0.25, 0.3) is 0 Å². The maximum atomic E-state index is 11.5. The Morgan fingerprint density at radius 1 is 1.25 bits per heavy atom. The summed E-state index contributed by atoms with van der Waals surface area (Å²) in [6.45, 7) is 2.42. The molecule has 0 aromatic carbocycles. The summed E-state index contributed by atoms with van der Waals surface area (Å²) in [6.07, 6.45) is 7.28. The first kappa shape index (κ1) is 14.9. The summed E-state index contributed by atoms with van der Waals surface area (Å²) >= 11 is 0. The summed E-state index contributed by atoms with van der Waals surface area (Å²) in [5.74, 6) is 0.788. The highest BCUT2D eigenvalue weighted by Gasteiger charge is 2.20. The fourth-order valence-electron chi connectivity index (χ4n) is 1.81. The molecule has 1 aliphatic carbocycles. The Labute approximate surface area is 119 Å². The summed E-state index contributed by atoms with van der Waals surface area (Å²) in [6, 6.07) is 3.73. The van der Waals surface area contributed by atoms with E-state index < -0.39 is 0 Å². The van der Waals surface area contributed by atoms with E-state index in [-0.39, 0.29) is 12.5 Å². The first-order valence-electron chi connectivity index (χ1n) is 7.15. The summed E-state index contributed by atoms with van der Waals surface area (Å²) in [4.78, 5) is 15.4. The zero-order valence-corrected chi connectivity index (χ0v) is 11.7. The van der Waals surface area contributed by atoms with Gasteiger partial charge in [0.15, 0.2) is 0 Å². The molecule has 1 aromatic heterocycles. The Bertz CT molecular complexity index is 393. The zero-order chi connectivity index (χ0) is 14.0. The van der Waals surface area contributed by atoms with Gasteiger partial charge < -0.3 is 14.8 Å². The number of pyridine rings is 1. The van der Waals surface area contributed by atoms with Crippen LogP contribution in [0.1, 0.15) is 24.8 Å². The van der Waals surface area contributed by atoms with E-state index in [0.29, 0.717) is 19.8 Å². The van der Waals surface area contributed by atoms with Gasteiger partial charge in [0, 0.05) is 25.5 Å². The van der Waals surface area contributed by atoms with Crippen molar-refractivity contribution in [1.29, 1.82) is 0 Å². The Morgan fingerprint density at radius 3 is 2.80 bits per heavy atom. The summed E-state index contributed by atoms with van der Waals surface area (Å²) in [5, 5.41) is 2.77. The number of nitrogens with zero attached hydrogens (tertiary/aromatic N) is 1. The third-order valence-electron chi connectivity index (χ3n) is 3.19. The lowest BCUT2D eigenvalue weighted by Gasteiger charge is -2.07. The molecule has 1 saturated carbocycles. The number of amides is 1. The van der Waals surface area contributed by atoms with E-state index in [4.69, 9.17) is 9.47 Å². The van der Waals surface area contributed by atoms with Crippen molar-refractivity contribution in [2.24, 2.45) is 5.92 Å². The lowest BCUT2D eigenvalue weighted by Crippen LogP contribution is -2.30. The monoisotopic (exact) mass is 278 g/mol. The fourth-order valence-corrected chi connectivity index (χ4v) is 1.81. The number of aromatic nitrogens is 1. The number of hydrogen-bond donors (Lipinski definition) is 1. The van der Waals surface area contributed by atoms with E-state index in [0.717, 1.165) is 24.5 Å². The molecule has 0 aliphatic heterocycles. The molecule has 1 amide bonds. The van der Waals surface area contributed by atoms with Gasteiger partial charge in [-0.2, -0.15) is 0 Å². The zero-order valence-electron chi connectivity index (χ0n) is 11.7. The standard InChI is InChI=1S/C15H22N2O3/c18-15(12-20-11-14-3-6-16-7-4-14)17-8-10-19-9-5-13-1-2-13/h3-4,6-7,13H,1-2,5,8-12H2,(H,17,18). The predicted molar refractivity (Wildman–Crippen MR) is 75.1 cm³/mol. The van der Waals surface area contributed by atoms with Gasteiger partial charge in [-0.15, -0.1) is 0 Å². The molecule has 1 aliphatic rings. The van der Waals surface area contributed by atoms with Crippen LogP contribution in [0.4, 0.5) is 0 Å². The fraction of sp³-hybridized carbons (Fsp3) is 0.600. The number of ether oxygens (including phenoxy) is 2. The van der Waals surface area contributed by atoms with Gasteiger partial charge in [-0.3, -0.25) is 9.78 Å². The molecule has 110 valence electrons. The van der Waals surface area contributed by atoms with Crippen LogP contribution in [0, 0.1) is 5.92 Å². The Balaban J connectivity index is 1.41. The highest BCUT2D eigenvalue weighted by Crippen LogP contribution is 2.31. The molecule has 20 heavy (non-hydrogen) atoms. The number of carbonyl (C=O) groups is 1. The average Bonchev–Trinajstić information content (AvgIpc) is 3.28. The van der Waals surface area contributed by atoms with Crippen molar-refractivity contribution in [2.75, 3.05) is 26.4 Å². The topological polar surface area (TPSA) is 60.5 Å². The molecule has 0 unspecified atom stereocenters. The molecule has 2 rings (SSSR count). The van der Waals surface area contributed by atoms with E-state index in [9.17, 15) is 4.79 Å². The maximum Gasteiger partial charge on any atom is 0.246 e. The molecule has 0 saturated heterocycles. The highest BCUT2D eigenvalue weighted by molar-refractivity contribution is 5.77. The Hall–Kier alpha value is -1.46. The summed E-state index contributed by atoms with van der Waals surface area (Å²) < 4.78 is 10.8. The predicted octanol–water partition coefficient (Wildman–Crippen LogP) is 1.53. The van der Waals surface area contributed by atoms with E-state index in [1.807, 2.05) is 12.1 Å². The number of rotatable bonds is 10. The molecule has 1 N–H and O–H groups in total. The van der Waals surface area contributed by atoms with Crippen LogP contribution in [0.5, 0.6) is 0 Å². The van der Waals surface area contributed by atoms with E-state index in [2.05, 4.69) is 10.3 Å². The second-order valence-corrected chi connectivity index (χ2v) is 5.04. The van der Waals surface area contributed by atoms with Crippen LogP contribution in [-0.4, -0.2) is 37.3 Å². The highest BCUT2D eigenvalue weighted by atomic mass is 16.5. The quantitative estimate of drug-likeness (QED) is 0.659. The van der Waals surface area contributed by atoms with Crippen LogP contribution in [-0.2, 0) is 20.9 Å². The van der Waals surface area contributed by atoms with Gasteiger partial charge in [0.25, 0.3) is 0 Å². The molecular weight excluding hydrogens is 256 g/mol. The molecule has 5 heteroatoms. The second kappa shape index (κ2) is 8.66. The Kier molecular flexibility index (Phi) is 6.47. The minimum Gasteiger partial charge on any atom is -0.380 e. The molecule has 0 radical (unpaired) electrons.